The van der Waals surface area contributed by atoms with Gasteiger partial charge >= 0.3 is 0 Å². The van der Waals surface area contributed by atoms with Gasteiger partial charge < -0.3 is 9.84 Å². The minimum atomic E-state index is -0.303. The predicted molar refractivity (Wildman–Crippen MR) is 46.5 cm³/mol. The lowest BCUT2D eigenvalue weighted by Crippen LogP contribution is -2.24. The molecule has 11 heavy (non-hydrogen) atoms. The van der Waals surface area contributed by atoms with E-state index >= 15 is 0 Å². The fraction of sp³-hybridized carbons (Fsp3) is 1.00. The van der Waals surface area contributed by atoms with Crippen molar-refractivity contribution in [1.29, 1.82) is 0 Å². The van der Waals surface area contributed by atoms with E-state index < -0.39 is 0 Å². The average molecular weight is 160 g/mol. The maximum absolute atomic E-state index is 9.44. The monoisotopic (exact) mass is 160 g/mol. The van der Waals surface area contributed by atoms with Crippen LogP contribution in [-0.2, 0) is 4.74 Å². The lowest BCUT2D eigenvalue weighted by Gasteiger charge is -2.18. The minimum Gasteiger partial charge on any atom is -0.390 e. The predicted octanol–water partition coefficient (Wildman–Crippen LogP) is 1.82. The molecule has 0 aliphatic rings. The molecule has 2 unspecified atom stereocenters. The summed E-state index contributed by atoms with van der Waals surface area (Å²) in [4.78, 5) is 0. The molecule has 0 saturated heterocycles. The molecule has 0 aromatic heterocycles. The van der Waals surface area contributed by atoms with Crippen molar-refractivity contribution < 1.29 is 9.84 Å². The molecule has 0 bridgehead atoms. The molecule has 0 aromatic rings. The van der Waals surface area contributed by atoms with Crippen LogP contribution in [0.15, 0.2) is 0 Å². The zero-order chi connectivity index (χ0) is 8.85. The Morgan fingerprint density at radius 3 is 2.18 bits per heavy atom. The largest absolute Gasteiger partial charge is 0.390 e. The number of ether oxygens (including phenoxy) is 1. The van der Waals surface area contributed by atoms with E-state index in [0.717, 1.165) is 6.42 Å². The van der Waals surface area contributed by atoms with Crippen LogP contribution in [0, 0.1) is 5.92 Å². The second-order valence-corrected chi connectivity index (χ2v) is 3.33. The van der Waals surface area contributed by atoms with Gasteiger partial charge in [0.05, 0.1) is 18.8 Å². The molecule has 0 fully saturated rings. The summed E-state index contributed by atoms with van der Waals surface area (Å²) in [5.41, 5.74) is 0. The molecular weight excluding hydrogens is 140 g/mol. The lowest BCUT2D eigenvalue weighted by atomic mass is 10.0. The Labute approximate surface area is 69.6 Å². The summed E-state index contributed by atoms with van der Waals surface area (Å²) >= 11 is 0. The highest BCUT2D eigenvalue weighted by Gasteiger charge is 2.12. The second-order valence-electron chi connectivity index (χ2n) is 3.33. The molecule has 68 valence electrons. The first-order chi connectivity index (χ1) is 5.07. The van der Waals surface area contributed by atoms with Crippen LogP contribution in [0.25, 0.3) is 0 Å². The molecule has 2 heteroatoms. The average Bonchev–Trinajstić information content (AvgIpc) is 1.98. The van der Waals surface area contributed by atoms with Crippen molar-refractivity contribution in [2.45, 2.75) is 46.3 Å². The maximum Gasteiger partial charge on any atom is 0.0799 e. The van der Waals surface area contributed by atoms with Crippen molar-refractivity contribution in [3.8, 4) is 0 Å². The Bertz CT molecular complexity index is 91.6. The summed E-state index contributed by atoms with van der Waals surface area (Å²) in [7, 11) is 0. The molecule has 2 nitrogen and oxygen atoms in total. The molecule has 0 aromatic carbocycles. The van der Waals surface area contributed by atoms with Crippen molar-refractivity contribution >= 4 is 0 Å². The zero-order valence-electron chi connectivity index (χ0n) is 8.00. The van der Waals surface area contributed by atoms with Crippen LogP contribution in [-0.4, -0.2) is 23.9 Å². The number of hydrogen-bond donors (Lipinski definition) is 1. The minimum absolute atomic E-state index is 0.216. The summed E-state index contributed by atoms with van der Waals surface area (Å²) in [6.07, 6.45) is 0.916. The standard InChI is InChI=1S/C9H20O2/c1-5-8(4)9(10)6-11-7(2)3/h7-10H,5-6H2,1-4H3. The van der Waals surface area contributed by atoms with E-state index in [0.29, 0.717) is 12.5 Å². The van der Waals surface area contributed by atoms with Crippen molar-refractivity contribution in [2.75, 3.05) is 6.61 Å². The Kier molecular flexibility index (Phi) is 5.51. The summed E-state index contributed by atoms with van der Waals surface area (Å²) < 4.78 is 5.28. The quantitative estimate of drug-likeness (QED) is 0.664. The third-order valence-electron chi connectivity index (χ3n) is 1.90. The Morgan fingerprint density at radius 1 is 1.27 bits per heavy atom. The molecule has 0 radical (unpaired) electrons. The molecule has 2 atom stereocenters. The van der Waals surface area contributed by atoms with Gasteiger partial charge in [-0.1, -0.05) is 20.3 Å². The lowest BCUT2D eigenvalue weighted by molar-refractivity contribution is -0.0166. The smallest absolute Gasteiger partial charge is 0.0799 e. The van der Waals surface area contributed by atoms with E-state index in [1.165, 1.54) is 0 Å². The van der Waals surface area contributed by atoms with Gasteiger partial charge in [-0.15, -0.1) is 0 Å². The van der Waals surface area contributed by atoms with Gasteiger partial charge in [0.15, 0.2) is 0 Å². The van der Waals surface area contributed by atoms with Gasteiger partial charge in [0, 0.05) is 0 Å². The number of aliphatic hydroxyl groups excluding tert-OH is 1. The number of hydrogen-bond acceptors (Lipinski definition) is 2. The van der Waals surface area contributed by atoms with Gasteiger partial charge in [-0.25, -0.2) is 0 Å². The molecule has 0 rings (SSSR count). The third kappa shape index (κ3) is 5.22. The molecule has 0 saturated carbocycles. The van der Waals surface area contributed by atoms with Crippen LogP contribution in [0.2, 0.25) is 0 Å². The van der Waals surface area contributed by atoms with Gasteiger partial charge in [0.1, 0.15) is 0 Å². The van der Waals surface area contributed by atoms with E-state index in [9.17, 15) is 5.11 Å². The molecule has 0 heterocycles. The van der Waals surface area contributed by atoms with Crippen LogP contribution in [0.5, 0.6) is 0 Å². The first-order valence-corrected chi connectivity index (χ1v) is 4.37. The third-order valence-corrected chi connectivity index (χ3v) is 1.90. The van der Waals surface area contributed by atoms with E-state index in [-0.39, 0.29) is 12.2 Å². The van der Waals surface area contributed by atoms with Gasteiger partial charge in [-0.05, 0) is 19.8 Å². The maximum atomic E-state index is 9.44. The van der Waals surface area contributed by atoms with Crippen LogP contribution in [0.4, 0.5) is 0 Å². The van der Waals surface area contributed by atoms with Crippen LogP contribution < -0.4 is 0 Å². The SMILES string of the molecule is CCC(C)C(O)COC(C)C. The molecule has 1 N–H and O–H groups in total. The fourth-order valence-electron chi connectivity index (χ4n) is 0.727. The number of aliphatic hydroxyl groups is 1. The Balaban J connectivity index is 3.43. The second kappa shape index (κ2) is 5.56. The van der Waals surface area contributed by atoms with Crippen LogP contribution in [0.3, 0.4) is 0 Å². The molecule has 0 aliphatic heterocycles. The van der Waals surface area contributed by atoms with Gasteiger partial charge in [-0.3, -0.25) is 0 Å². The summed E-state index contributed by atoms with van der Waals surface area (Å²) in [6, 6.07) is 0. The van der Waals surface area contributed by atoms with E-state index in [4.69, 9.17) is 4.74 Å². The summed E-state index contributed by atoms with van der Waals surface area (Å²) in [6.45, 7) is 8.52. The topological polar surface area (TPSA) is 29.5 Å². The molecule has 0 spiro atoms. The molecule has 0 amide bonds. The highest BCUT2D eigenvalue weighted by Crippen LogP contribution is 2.07. The van der Waals surface area contributed by atoms with Crippen LogP contribution >= 0.6 is 0 Å². The first-order valence-electron chi connectivity index (χ1n) is 4.37. The highest BCUT2D eigenvalue weighted by atomic mass is 16.5. The van der Waals surface area contributed by atoms with Gasteiger partial charge in [-0.2, -0.15) is 0 Å². The summed E-state index contributed by atoms with van der Waals surface area (Å²) in [5.74, 6) is 0.341. The van der Waals surface area contributed by atoms with Crippen molar-refractivity contribution in [3.05, 3.63) is 0 Å². The van der Waals surface area contributed by atoms with E-state index in [2.05, 4.69) is 6.92 Å². The first kappa shape index (κ1) is 10.9. The Hall–Kier alpha value is -0.0800. The highest BCUT2D eigenvalue weighted by molar-refractivity contribution is 4.61. The molecular formula is C9H20O2. The van der Waals surface area contributed by atoms with Crippen molar-refractivity contribution in [2.24, 2.45) is 5.92 Å². The zero-order valence-corrected chi connectivity index (χ0v) is 8.00. The van der Waals surface area contributed by atoms with Crippen molar-refractivity contribution in [1.82, 2.24) is 0 Å². The normalized spacial score (nSPS) is 16.9. The van der Waals surface area contributed by atoms with E-state index in [1.807, 2.05) is 20.8 Å². The van der Waals surface area contributed by atoms with Gasteiger partial charge in [0.2, 0.25) is 0 Å². The summed E-state index contributed by atoms with van der Waals surface area (Å²) in [5, 5.41) is 9.44. The fourth-order valence-corrected chi connectivity index (χ4v) is 0.727. The van der Waals surface area contributed by atoms with E-state index in [1.54, 1.807) is 0 Å². The molecule has 0 aliphatic carbocycles. The van der Waals surface area contributed by atoms with Crippen LogP contribution in [0.1, 0.15) is 34.1 Å². The number of rotatable bonds is 5. The Morgan fingerprint density at radius 2 is 1.82 bits per heavy atom. The van der Waals surface area contributed by atoms with Gasteiger partial charge in [0.25, 0.3) is 0 Å². The van der Waals surface area contributed by atoms with Crippen molar-refractivity contribution in [3.63, 3.8) is 0 Å².